The van der Waals surface area contributed by atoms with Crippen molar-refractivity contribution in [2.75, 3.05) is 5.32 Å². The van der Waals surface area contributed by atoms with Crippen molar-refractivity contribution < 1.29 is 9.18 Å². The molecule has 1 N–H and O–H groups in total. The molecule has 0 aliphatic heterocycles. The highest BCUT2D eigenvalue weighted by atomic mass is 35.5. The van der Waals surface area contributed by atoms with Crippen LogP contribution in [0, 0.1) is 12.7 Å². The summed E-state index contributed by atoms with van der Waals surface area (Å²) in [6.45, 7) is 1.77. The number of amides is 1. The molecule has 92 valence electrons. The number of nitrogens with zero attached hydrogens (tertiary/aromatic N) is 2. The highest BCUT2D eigenvalue weighted by molar-refractivity contribution is 6.29. The Morgan fingerprint density at radius 1 is 1.39 bits per heavy atom. The second kappa shape index (κ2) is 5.10. The predicted octanol–water partition coefficient (Wildman–Crippen LogP) is 2.83. The van der Waals surface area contributed by atoms with Gasteiger partial charge in [0, 0.05) is 6.20 Å². The molecule has 0 radical (unpaired) electrons. The van der Waals surface area contributed by atoms with E-state index in [0.29, 0.717) is 0 Å². The number of aromatic nitrogens is 2. The van der Waals surface area contributed by atoms with E-state index in [1.165, 1.54) is 24.4 Å². The van der Waals surface area contributed by atoms with Gasteiger partial charge in [-0.25, -0.2) is 14.4 Å². The number of hydrogen-bond acceptors (Lipinski definition) is 3. The standard InChI is InChI=1S/C12H9ClFN3O/c1-7-2-3-9(14)8(6-7)11(18)17-12-15-5-4-10(13)16-12/h2-6H,1H3,(H,15,16,17,18). The third-order valence-corrected chi connectivity index (χ3v) is 2.42. The van der Waals surface area contributed by atoms with Crippen molar-refractivity contribution in [1.29, 1.82) is 0 Å². The second-order valence-electron chi connectivity index (χ2n) is 3.64. The van der Waals surface area contributed by atoms with Gasteiger partial charge in [-0.15, -0.1) is 0 Å². The van der Waals surface area contributed by atoms with E-state index in [1.54, 1.807) is 13.0 Å². The first kappa shape index (κ1) is 12.4. The average molecular weight is 266 g/mol. The number of benzene rings is 1. The van der Waals surface area contributed by atoms with E-state index in [0.717, 1.165) is 5.56 Å². The lowest BCUT2D eigenvalue weighted by Crippen LogP contribution is -2.15. The van der Waals surface area contributed by atoms with Crippen LogP contribution in [0.2, 0.25) is 5.15 Å². The molecule has 1 heterocycles. The Kier molecular flexibility index (Phi) is 3.53. The summed E-state index contributed by atoms with van der Waals surface area (Å²) in [7, 11) is 0. The molecule has 0 aliphatic carbocycles. The van der Waals surface area contributed by atoms with E-state index >= 15 is 0 Å². The fourth-order valence-corrected chi connectivity index (χ4v) is 1.52. The lowest BCUT2D eigenvalue weighted by molar-refractivity contribution is 0.102. The number of aryl methyl sites for hydroxylation is 1. The van der Waals surface area contributed by atoms with Gasteiger partial charge in [0.1, 0.15) is 11.0 Å². The summed E-state index contributed by atoms with van der Waals surface area (Å²) in [4.78, 5) is 19.4. The zero-order chi connectivity index (χ0) is 13.1. The van der Waals surface area contributed by atoms with Crippen molar-refractivity contribution in [2.45, 2.75) is 6.92 Å². The van der Waals surface area contributed by atoms with Gasteiger partial charge in [0.15, 0.2) is 0 Å². The lowest BCUT2D eigenvalue weighted by atomic mass is 10.1. The molecule has 0 aliphatic rings. The number of halogens is 2. The minimum atomic E-state index is -0.613. The Labute approximate surface area is 108 Å². The normalized spacial score (nSPS) is 10.2. The van der Waals surface area contributed by atoms with Gasteiger partial charge in [0.05, 0.1) is 5.56 Å². The maximum Gasteiger partial charge on any atom is 0.261 e. The Morgan fingerprint density at radius 3 is 2.89 bits per heavy atom. The van der Waals surface area contributed by atoms with E-state index in [4.69, 9.17) is 11.6 Å². The molecule has 0 fully saturated rings. The van der Waals surface area contributed by atoms with Crippen molar-refractivity contribution in [3.63, 3.8) is 0 Å². The van der Waals surface area contributed by atoms with Crippen LogP contribution in [0.25, 0.3) is 0 Å². The van der Waals surface area contributed by atoms with Gasteiger partial charge in [-0.05, 0) is 25.1 Å². The van der Waals surface area contributed by atoms with Crippen molar-refractivity contribution >= 4 is 23.5 Å². The highest BCUT2D eigenvalue weighted by Crippen LogP contribution is 2.12. The predicted molar refractivity (Wildman–Crippen MR) is 66.1 cm³/mol. The van der Waals surface area contributed by atoms with Crippen LogP contribution in [0.3, 0.4) is 0 Å². The number of hydrogen-bond donors (Lipinski definition) is 1. The first-order chi connectivity index (χ1) is 8.56. The number of nitrogens with one attached hydrogen (secondary N) is 1. The molecular weight excluding hydrogens is 257 g/mol. The quantitative estimate of drug-likeness (QED) is 0.850. The third kappa shape index (κ3) is 2.81. The van der Waals surface area contributed by atoms with Gasteiger partial charge in [0.25, 0.3) is 5.91 Å². The zero-order valence-electron chi connectivity index (χ0n) is 9.45. The molecule has 0 saturated heterocycles. The minimum absolute atomic E-state index is 0.0356. The first-order valence-electron chi connectivity index (χ1n) is 5.12. The number of rotatable bonds is 2. The molecule has 6 heteroatoms. The van der Waals surface area contributed by atoms with Crippen LogP contribution in [-0.2, 0) is 0 Å². The summed E-state index contributed by atoms with van der Waals surface area (Å²) < 4.78 is 13.5. The Morgan fingerprint density at radius 2 is 2.17 bits per heavy atom. The van der Waals surface area contributed by atoms with Crippen LogP contribution >= 0.6 is 11.6 Å². The fraction of sp³-hybridized carbons (Fsp3) is 0.0833. The zero-order valence-corrected chi connectivity index (χ0v) is 10.2. The SMILES string of the molecule is Cc1ccc(F)c(C(=O)Nc2nccc(Cl)n2)c1. The van der Waals surface area contributed by atoms with E-state index in [9.17, 15) is 9.18 Å². The molecule has 2 rings (SSSR count). The molecule has 18 heavy (non-hydrogen) atoms. The summed E-state index contributed by atoms with van der Waals surface area (Å²) in [5.41, 5.74) is 0.729. The maximum atomic E-state index is 13.5. The van der Waals surface area contributed by atoms with Gasteiger partial charge in [-0.2, -0.15) is 0 Å². The van der Waals surface area contributed by atoms with E-state index in [2.05, 4.69) is 15.3 Å². The number of anilines is 1. The molecule has 0 atom stereocenters. The largest absolute Gasteiger partial charge is 0.290 e. The molecule has 0 bridgehead atoms. The van der Waals surface area contributed by atoms with Crippen molar-refractivity contribution in [3.8, 4) is 0 Å². The van der Waals surface area contributed by atoms with Crippen LogP contribution in [0.15, 0.2) is 30.5 Å². The summed E-state index contributed by atoms with van der Waals surface area (Å²) in [5, 5.41) is 2.58. The molecule has 1 aromatic carbocycles. The van der Waals surface area contributed by atoms with Gasteiger partial charge in [-0.3, -0.25) is 10.1 Å². The minimum Gasteiger partial charge on any atom is -0.290 e. The van der Waals surface area contributed by atoms with Crippen molar-refractivity contribution in [1.82, 2.24) is 9.97 Å². The first-order valence-corrected chi connectivity index (χ1v) is 5.50. The van der Waals surface area contributed by atoms with Crippen LogP contribution in [-0.4, -0.2) is 15.9 Å². The summed E-state index contributed by atoms with van der Waals surface area (Å²) in [6.07, 6.45) is 1.40. The van der Waals surface area contributed by atoms with Crippen molar-refractivity contribution in [3.05, 3.63) is 52.6 Å². The molecule has 1 amide bonds. The topological polar surface area (TPSA) is 54.9 Å². The smallest absolute Gasteiger partial charge is 0.261 e. The monoisotopic (exact) mass is 265 g/mol. The molecule has 4 nitrogen and oxygen atoms in total. The third-order valence-electron chi connectivity index (χ3n) is 2.21. The van der Waals surface area contributed by atoms with Crippen LogP contribution < -0.4 is 5.32 Å². The van der Waals surface area contributed by atoms with Gasteiger partial charge in [0.2, 0.25) is 5.95 Å². The fourth-order valence-electron chi connectivity index (χ4n) is 1.38. The van der Waals surface area contributed by atoms with Gasteiger partial charge >= 0.3 is 0 Å². The number of carbonyl (C=O) groups excluding carboxylic acids is 1. The lowest BCUT2D eigenvalue weighted by Gasteiger charge is -2.05. The molecule has 0 unspecified atom stereocenters. The number of carbonyl (C=O) groups is 1. The van der Waals surface area contributed by atoms with Gasteiger partial charge < -0.3 is 0 Å². The second-order valence-corrected chi connectivity index (χ2v) is 4.03. The summed E-state index contributed by atoms with van der Waals surface area (Å²) in [6, 6.07) is 5.75. The molecule has 0 saturated carbocycles. The Bertz CT molecular complexity index is 604. The molecular formula is C12H9ClFN3O. The highest BCUT2D eigenvalue weighted by Gasteiger charge is 2.13. The van der Waals surface area contributed by atoms with Crippen LogP contribution in [0.1, 0.15) is 15.9 Å². The Balaban J connectivity index is 2.24. The Hall–Kier alpha value is -2.01. The molecule has 0 spiro atoms. The van der Waals surface area contributed by atoms with Crippen LogP contribution in [0.5, 0.6) is 0 Å². The van der Waals surface area contributed by atoms with Crippen LogP contribution in [0.4, 0.5) is 10.3 Å². The van der Waals surface area contributed by atoms with E-state index in [1.807, 2.05) is 0 Å². The van der Waals surface area contributed by atoms with E-state index < -0.39 is 11.7 Å². The maximum absolute atomic E-state index is 13.5. The average Bonchev–Trinajstić information content (AvgIpc) is 2.32. The van der Waals surface area contributed by atoms with Gasteiger partial charge in [-0.1, -0.05) is 23.2 Å². The van der Waals surface area contributed by atoms with E-state index in [-0.39, 0.29) is 16.7 Å². The summed E-state index contributed by atoms with van der Waals surface area (Å²) >= 11 is 5.65. The molecule has 1 aromatic heterocycles. The molecule has 2 aromatic rings. The van der Waals surface area contributed by atoms with Crippen molar-refractivity contribution in [2.24, 2.45) is 0 Å². The summed E-state index contributed by atoms with van der Waals surface area (Å²) in [5.74, 6) is -1.17.